The highest BCUT2D eigenvalue weighted by Crippen LogP contribution is 2.19. The summed E-state index contributed by atoms with van der Waals surface area (Å²) in [7, 11) is -3.64. The summed E-state index contributed by atoms with van der Waals surface area (Å²) in [6, 6.07) is 8.63. The number of hydrogen-bond donors (Lipinski definition) is 1. The monoisotopic (exact) mass is 347 g/mol. The Morgan fingerprint density at radius 3 is 2.67 bits per heavy atom. The van der Waals surface area contributed by atoms with E-state index in [0.717, 1.165) is 35.3 Å². The van der Waals surface area contributed by atoms with Crippen molar-refractivity contribution in [3.05, 3.63) is 60.2 Å². The molecule has 1 aromatic carbocycles. The van der Waals surface area contributed by atoms with E-state index in [1.165, 1.54) is 12.1 Å². The molecule has 24 heavy (non-hydrogen) atoms. The molecule has 0 radical (unpaired) electrons. The van der Waals surface area contributed by atoms with Crippen LogP contribution < -0.4 is 4.72 Å². The Balaban J connectivity index is 1.74. The maximum Gasteiger partial charge on any atom is 0.240 e. The van der Waals surface area contributed by atoms with Gasteiger partial charge in [0.25, 0.3) is 0 Å². The molecule has 0 unspecified atom stereocenters. The fourth-order valence-corrected chi connectivity index (χ4v) is 3.68. The average Bonchev–Trinajstić information content (AvgIpc) is 2.93. The predicted octanol–water partition coefficient (Wildman–Crippen LogP) is 2.72. The van der Waals surface area contributed by atoms with Gasteiger partial charge in [-0.2, -0.15) is 0 Å². The van der Waals surface area contributed by atoms with Crippen molar-refractivity contribution in [2.24, 2.45) is 0 Å². The quantitative estimate of drug-likeness (QED) is 0.746. The number of pyridine rings is 1. The van der Waals surface area contributed by atoms with Gasteiger partial charge in [-0.05, 0) is 55.3 Å². The second-order valence-corrected chi connectivity index (χ2v) is 7.18. The van der Waals surface area contributed by atoms with Crippen molar-refractivity contribution in [2.75, 3.05) is 6.54 Å². The van der Waals surface area contributed by atoms with Gasteiger partial charge in [0.15, 0.2) is 0 Å². The van der Waals surface area contributed by atoms with Crippen LogP contribution in [0.15, 0.2) is 53.7 Å². The van der Waals surface area contributed by atoms with Crippen LogP contribution in [0.3, 0.4) is 0 Å². The maximum atomic E-state index is 12.9. The molecule has 0 fully saturated rings. The number of rotatable bonds is 6. The summed E-state index contributed by atoms with van der Waals surface area (Å²) in [4.78, 5) is 4.43. The van der Waals surface area contributed by atoms with Crippen LogP contribution in [0.2, 0.25) is 0 Å². The van der Waals surface area contributed by atoms with Gasteiger partial charge < -0.3 is 4.57 Å². The summed E-state index contributed by atoms with van der Waals surface area (Å²) in [6.45, 7) is 3.10. The van der Waals surface area contributed by atoms with Gasteiger partial charge in [-0.15, -0.1) is 0 Å². The standard InChI is InChI=1S/C17H18FN3O2S/c1-2-21-12-13(16-4-3-10-19-17(16)21)9-11-20-24(22,23)15-7-5-14(18)6-8-15/h3-8,10,12,20H,2,9,11H2,1H3. The van der Waals surface area contributed by atoms with Crippen molar-refractivity contribution in [1.29, 1.82) is 0 Å². The molecule has 7 heteroatoms. The highest BCUT2D eigenvalue weighted by molar-refractivity contribution is 7.89. The highest BCUT2D eigenvalue weighted by atomic mass is 32.2. The number of aryl methyl sites for hydroxylation is 1. The van der Waals surface area contributed by atoms with Gasteiger partial charge in [0.2, 0.25) is 10.0 Å². The van der Waals surface area contributed by atoms with E-state index >= 15 is 0 Å². The van der Waals surface area contributed by atoms with E-state index in [1.807, 2.05) is 29.8 Å². The van der Waals surface area contributed by atoms with Gasteiger partial charge in [0, 0.05) is 30.9 Å². The lowest BCUT2D eigenvalue weighted by atomic mass is 10.2. The van der Waals surface area contributed by atoms with E-state index in [1.54, 1.807) is 6.20 Å². The first-order valence-electron chi connectivity index (χ1n) is 7.69. The van der Waals surface area contributed by atoms with Gasteiger partial charge in [0.05, 0.1) is 4.90 Å². The third kappa shape index (κ3) is 3.32. The third-order valence-electron chi connectivity index (χ3n) is 3.87. The van der Waals surface area contributed by atoms with Crippen LogP contribution in [0.5, 0.6) is 0 Å². The molecule has 126 valence electrons. The van der Waals surface area contributed by atoms with E-state index in [9.17, 15) is 12.8 Å². The second kappa shape index (κ2) is 6.70. The van der Waals surface area contributed by atoms with Crippen LogP contribution in [0.4, 0.5) is 4.39 Å². The van der Waals surface area contributed by atoms with E-state index in [4.69, 9.17) is 0 Å². The number of nitrogens with one attached hydrogen (secondary N) is 1. The van der Waals surface area contributed by atoms with Crippen LogP contribution in [-0.2, 0) is 23.0 Å². The number of aromatic nitrogens is 2. The van der Waals surface area contributed by atoms with Gasteiger partial charge in [0.1, 0.15) is 11.5 Å². The highest BCUT2D eigenvalue weighted by Gasteiger charge is 2.14. The van der Waals surface area contributed by atoms with E-state index in [2.05, 4.69) is 9.71 Å². The molecule has 5 nitrogen and oxygen atoms in total. The molecule has 0 spiro atoms. The number of benzene rings is 1. The van der Waals surface area contributed by atoms with Crippen LogP contribution in [0.25, 0.3) is 11.0 Å². The molecule has 0 aliphatic rings. The van der Waals surface area contributed by atoms with Gasteiger partial charge in [-0.3, -0.25) is 0 Å². The van der Waals surface area contributed by atoms with E-state index in [0.29, 0.717) is 6.42 Å². The summed E-state index contributed by atoms with van der Waals surface area (Å²) in [5.41, 5.74) is 1.94. The van der Waals surface area contributed by atoms with Crippen LogP contribution in [0.1, 0.15) is 12.5 Å². The zero-order valence-electron chi connectivity index (χ0n) is 13.2. The molecule has 2 heterocycles. The molecule has 0 bridgehead atoms. The molecule has 0 aliphatic carbocycles. The first kappa shape index (κ1) is 16.6. The van der Waals surface area contributed by atoms with Crippen molar-refractivity contribution in [3.8, 4) is 0 Å². The minimum atomic E-state index is -3.64. The molecular formula is C17H18FN3O2S. The molecule has 0 aliphatic heterocycles. The minimum Gasteiger partial charge on any atom is -0.333 e. The first-order valence-corrected chi connectivity index (χ1v) is 9.17. The number of nitrogens with zero attached hydrogens (tertiary/aromatic N) is 2. The molecule has 1 N–H and O–H groups in total. The van der Waals surface area contributed by atoms with Crippen molar-refractivity contribution in [1.82, 2.24) is 14.3 Å². The Labute approximate surface area is 140 Å². The Morgan fingerprint density at radius 2 is 1.96 bits per heavy atom. The number of fused-ring (bicyclic) bond motifs is 1. The zero-order chi connectivity index (χ0) is 17.2. The molecule has 3 aromatic rings. The normalized spacial score (nSPS) is 11.9. The zero-order valence-corrected chi connectivity index (χ0v) is 14.1. The Kier molecular flexibility index (Phi) is 4.64. The molecule has 0 amide bonds. The molecule has 3 rings (SSSR count). The first-order chi connectivity index (χ1) is 11.5. The molecular weight excluding hydrogens is 329 g/mol. The lowest BCUT2D eigenvalue weighted by Gasteiger charge is -2.06. The average molecular weight is 347 g/mol. The van der Waals surface area contributed by atoms with Crippen molar-refractivity contribution in [2.45, 2.75) is 24.8 Å². The Hall–Kier alpha value is -2.25. The summed E-state index contributed by atoms with van der Waals surface area (Å²) in [5.74, 6) is -0.464. The van der Waals surface area contributed by atoms with Gasteiger partial charge in [-0.25, -0.2) is 22.5 Å². The van der Waals surface area contributed by atoms with Gasteiger partial charge in [-0.1, -0.05) is 0 Å². The van der Waals surface area contributed by atoms with Crippen LogP contribution in [-0.4, -0.2) is 24.5 Å². The lowest BCUT2D eigenvalue weighted by Crippen LogP contribution is -2.26. The predicted molar refractivity (Wildman–Crippen MR) is 90.7 cm³/mol. The molecule has 0 saturated heterocycles. The summed E-state index contributed by atoms with van der Waals surface area (Å²) < 4.78 is 41.9. The third-order valence-corrected chi connectivity index (χ3v) is 5.34. The topological polar surface area (TPSA) is 64.0 Å². The van der Waals surface area contributed by atoms with E-state index in [-0.39, 0.29) is 11.4 Å². The second-order valence-electron chi connectivity index (χ2n) is 5.42. The fraction of sp³-hybridized carbons (Fsp3) is 0.235. The van der Waals surface area contributed by atoms with Crippen molar-refractivity contribution < 1.29 is 12.8 Å². The molecule has 2 aromatic heterocycles. The summed E-state index contributed by atoms with van der Waals surface area (Å²) in [5, 5.41) is 1.03. The largest absolute Gasteiger partial charge is 0.333 e. The van der Waals surface area contributed by atoms with Gasteiger partial charge >= 0.3 is 0 Å². The lowest BCUT2D eigenvalue weighted by molar-refractivity contribution is 0.580. The van der Waals surface area contributed by atoms with Crippen molar-refractivity contribution in [3.63, 3.8) is 0 Å². The van der Waals surface area contributed by atoms with E-state index < -0.39 is 15.8 Å². The molecule has 0 atom stereocenters. The molecule has 0 saturated carbocycles. The maximum absolute atomic E-state index is 12.9. The fourth-order valence-electron chi connectivity index (χ4n) is 2.65. The number of hydrogen-bond acceptors (Lipinski definition) is 3. The van der Waals surface area contributed by atoms with Crippen molar-refractivity contribution >= 4 is 21.1 Å². The number of halogens is 1. The SMILES string of the molecule is CCn1cc(CCNS(=O)(=O)c2ccc(F)cc2)c2cccnc21. The van der Waals surface area contributed by atoms with Crippen LogP contribution in [0, 0.1) is 5.82 Å². The Morgan fingerprint density at radius 1 is 1.21 bits per heavy atom. The Bertz CT molecular complexity index is 950. The minimum absolute atomic E-state index is 0.0570. The summed E-state index contributed by atoms with van der Waals surface area (Å²) >= 11 is 0. The summed E-state index contributed by atoms with van der Waals surface area (Å²) in [6.07, 6.45) is 4.30. The smallest absolute Gasteiger partial charge is 0.240 e. The number of sulfonamides is 1. The van der Waals surface area contributed by atoms with Crippen LogP contribution >= 0.6 is 0 Å².